The van der Waals surface area contributed by atoms with Gasteiger partial charge in [-0.15, -0.1) is 0 Å². The summed E-state index contributed by atoms with van der Waals surface area (Å²) in [6.45, 7) is 3.88. The first-order valence-corrected chi connectivity index (χ1v) is 9.20. The molecule has 0 aliphatic carbocycles. The van der Waals surface area contributed by atoms with Crippen molar-refractivity contribution in [3.05, 3.63) is 53.6 Å². The Labute approximate surface area is 143 Å². The van der Waals surface area contributed by atoms with Gasteiger partial charge in [-0.1, -0.05) is 19.1 Å². The molecule has 0 fully saturated rings. The third kappa shape index (κ3) is 4.07. The second-order valence-corrected chi connectivity index (χ2v) is 7.20. The van der Waals surface area contributed by atoms with E-state index < -0.39 is 10.0 Å². The van der Waals surface area contributed by atoms with E-state index in [1.165, 1.54) is 12.1 Å². The molecule has 130 valence electrons. The minimum atomic E-state index is -3.61. The summed E-state index contributed by atoms with van der Waals surface area (Å²) in [7, 11) is -0.451. The molecule has 0 radical (unpaired) electrons. The van der Waals surface area contributed by atoms with Crippen molar-refractivity contribution in [2.45, 2.75) is 31.2 Å². The molecular formula is C18H23NO4S. The van der Waals surface area contributed by atoms with Gasteiger partial charge in [0.1, 0.15) is 11.5 Å². The lowest BCUT2D eigenvalue weighted by atomic mass is 10.0. The highest BCUT2D eigenvalue weighted by Gasteiger charge is 2.20. The SMILES string of the molecule is CCC(NS(=O)(=O)c1ccc(OC)cc1)c1ccc(OC)c(C)c1. The number of aryl methyl sites for hydroxylation is 1. The van der Waals surface area contributed by atoms with E-state index in [2.05, 4.69) is 4.72 Å². The maximum atomic E-state index is 12.6. The molecule has 1 atom stereocenters. The molecular weight excluding hydrogens is 326 g/mol. The lowest BCUT2D eigenvalue weighted by Gasteiger charge is -2.19. The summed E-state index contributed by atoms with van der Waals surface area (Å²) in [5.41, 5.74) is 1.88. The van der Waals surface area contributed by atoms with E-state index in [0.29, 0.717) is 12.2 Å². The largest absolute Gasteiger partial charge is 0.497 e. The third-order valence-corrected chi connectivity index (χ3v) is 5.38. The van der Waals surface area contributed by atoms with Gasteiger partial charge in [-0.25, -0.2) is 13.1 Å². The average molecular weight is 349 g/mol. The van der Waals surface area contributed by atoms with Crippen molar-refractivity contribution in [2.75, 3.05) is 14.2 Å². The predicted octanol–water partition coefficient (Wildman–Crippen LogP) is 3.44. The van der Waals surface area contributed by atoms with Gasteiger partial charge in [-0.2, -0.15) is 0 Å². The van der Waals surface area contributed by atoms with Gasteiger partial charge in [0.25, 0.3) is 0 Å². The smallest absolute Gasteiger partial charge is 0.241 e. The summed E-state index contributed by atoms with van der Waals surface area (Å²) in [6, 6.07) is 11.7. The number of hydrogen-bond donors (Lipinski definition) is 1. The van der Waals surface area contributed by atoms with Crippen molar-refractivity contribution in [2.24, 2.45) is 0 Å². The van der Waals surface area contributed by atoms with Crippen molar-refractivity contribution in [3.8, 4) is 11.5 Å². The van der Waals surface area contributed by atoms with E-state index >= 15 is 0 Å². The quantitative estimate of drug-likeness (QED) is 0.832. The van der Waals surface area contributed by atoms with E-state index in [4.69, 9.17) is 9.47 Å². The zero-order valence-corrected chi connectivity index (χ0v) is 15.2. The lowest BCUT2D eigenvalue weighted by Crippen LogP contribution is -2.28. The number of rotatable bonds is 7. The van der Waals surface area contributed by atoms with Crippen LogP contribution in [0, 0.1) is 6.92 Å². The zero-order valence-electron chi connectivity index (χ0n) is 14.4. The van der Waals surface area contributed by atoms with Gasteiger partial charge in [-0.05, 0) is 54.8 Å². The normalized spacial score (nSPS) is 12.7. The molecule has 0 amide bonds. The summed E-state index contributed by atoms with van der Waals surface area (Å²) in [4.78, 5) is 0.215. The number of hydrogen-bond acceptors (Lipinski definition) is 4. The standard InChI is InChI=1S/C18H23NO4S/c1-5-17(14-6-11-18(23-4)13(2)12-14)19-24(20,21)16-9-7-15(22-3)8-10-16/h6-12,17,19H,5H2,1-4H3. The third-order valence-electron chi connectivity index (χ3n) is 3.90. The molecule has 2 aromatic carbocycles. The minimum absolute atomic E-state index is 0.215. The molecule has 0 saturated heterocycles. The van der Waals surface area contributed by atoms with Crippen LogP contribution >= 0.6 is 0 Å². The Balaban J connectivity index is 2.26. The first kappa shape index (κ1) is 18.3. The van der Waals surface area contributed by atoms with Crippen LogP contribution in [0.25, 0.3) is 0 Å². The molecule has 2 rings (SSSR count). The van der Waals surface area contributed by atoms with Crippen LogP contribution in [0.15, 0.2) is 47.4 Å². The summed E-state index contributed by atoms with van der Waals surface area (Å²) >= 11 is 0. The fourth-order valence-corrected chi connectivity index (χ4v) is 3.82. The summed E-state index contributed by atoms with van der Waals surface area (Å²) in [5.74, 6) is 1.40. The molecule has 0 bridgehead atoms. The highest BCUT2D eigenvalue weighted by Crippen LogP contribution is 2.26. The molecule has 0 aromatic heterocycles. The van der Waals surface area contributed by atoms with Gasteiger partial charge in [-0.3, -0.25) is 0 Å². The van der Waals surface area contributed by atoms with Crippen LogP contribution in [0.4, 0.5) is 0 Å². The van der Waals surface area contributed by atoms with Gasteiger partial charge >= 0.3 is 0 Å². The van der Waals surface area contributed by atoms with Gasteiger partial charge in [0.15, 0.2) is 0 Å². The number of sulfonamides is 1. The molecule has 1 unspecified atom stereocenters. The second kappa shape index (κ2) is 7.68. The fourth-order valence-electron chi connectivity index (χ4n) is 2.52. The number of benzene rings is 2. The Morgan fingerprint density at radius 1 is 1.04 bits per heavy atom. The monoisotopic (exact) mass is 349 g/mol. The number of nitrogens with one attached hydrogen (secondary N) is 1. The molecule has 6 heteroatoms. The van der Waals surface area contributed by atoms with Crippen LogP contribution in [0.1, 0.15) is 30.5 Å². The van der Waals surface area contributed by atoms with Crippen LogP contribution in [0.5, 0.6) is 11.5 Å². The fraction of sp³-hybridized carbons (Fsp3) is 0.333. The maximum Gasteiger partial charge on any atom is 0.241 e. The molecule has 1 N–H and O–H groups in total. The molecule has 0 heterocycles. The first-order valence-electron chi connectivity index (χ1n) is 7.72. The van der Waals surface area contributed by atoms with Gasteiger partial charge in [0.05, 0.1) is 19.1 Å². The van der Waals surface area contributed by atoms with Crippen molar-refractivity contribution < 1.29 is 17.9 Å². The first-order chi connectivity index (χ1) is 11.4. The summed E-state index contributed by atoms with van der Waals surface area (Å²) in [5, 5.41) is 0. The Kier molecular flexibility index (Phi) is 5.85. The van der Waals surface area contributed by atoms with Crippen molar-refractivity contribution in [3.63, 3.8) is 0 Å². The van der Waals surface area contributed by atoms with Gasteiger partial charge in [0, 0.05) is 6.04 Å². The predicted molar refractivity (Wildman–Crippen MR) is 94.1 cm³/mol. The second-order valence-electron chi connectivity index (χ2n) is 5.49. The zero-order chi connectivity index (χ0) is 17.7. The lowest BCUT2D eigenvalue weighted by molar-refractivity contribution is 0.411. The molecule has 0 spiro atoms. The average Bonchev–Trinajstić information content (AvgIpc) is 2.59. The molecule has 2 aromatic rings. The van der Waals surface area contributed by atoms with Crippen LogP contribution in [-0.2, 0) is 10.0 Å². The number of methoxy groups -OCH3 is 2. The summed E-state index contributed by atoms with van der Waals surface area (Å²) in [6.07, 6.45) is 0.640. The Bertz CT molecular complexity index is 785. The van der Waals surface area contributed by atoms with Crippen LogP contribution in [0.2, 0.25) is 0 Å². The molecule has 0 saturated carbocycles. The van der Waals surface area contributed by atoms with Gasteiger partial charge in [0.2, 0.25) is 10.0 Å². The molecule has 0 aliphatic rings. The van der Waals surface area contributed by atoms with Crippen LogP contribution in [-0.4, -0.2) is 22.6 Å². The number of ether oxygens (including phenoxy) is 2. The Hall–Kier alpha value is -2.05. The van der Waals surface area contributed by atoms with Gasteiger partial charge < -0.3 is 9.47 Å². The van der Waals surface area contributed by atoms with Crippen molar-refractivity contribution in [1.29, 1.82) is 0 Å². The van der Waals surface area contributed by atoms with Crippen LogP contribution < -0.4 is 14.2 Å². The topological polar surface area (TPSA) is 64.6 Å². The Morgan fingerprint density at radius 2 is 1.71 bits per heavy atom. The van der Waals surface area contributed by atoms with Crippen molar-refractivity contribution in [1.82, 2.24) is 4.72 Å². The van der Waals surface area contributed by atoms with E-state index in [-0.39, 0.29) is 10.9 Å². The van der Waals surface area contributed by atoms with E-state index in [9.17, 15) is 8.42 Å². The molecule has 24 heavy (non-hydrogen) atoms. The maximum absolute atomic E-state index is 12.6. The minimum Gasteiger partial charge on any atom is -0.497 e. The van der Waals surface area contributed by atoms with E-state index in [0.717, 1.165) is 16.9 Å². The van der Waals surface area contributed by atoms with Crippen LogP contribution in [0.3, 0.4) is 0 Å². The molecule has 5 nitrogen and oxygen atoms in total. The van der Waals surface area contributed by atoms with E-state index in [1.54, 1.807) is 26.4 Å². The Morgan fingerprint density at radius 3 is 2.21 bits per heavy atom. The molecule has 0 aliphatic heterocycles. The van der Waals surface area contributed by atoms with E-state index in [1.807, 2.05) is 32.0 Å². The highest BCUT2D eigenvalue weighted by atomic mass is 32.2. The highest BCUT2D eigenvalue weighted by molar-refractivity contribution is 7.89. The summed E-state index contributed by atoms with van der Waals surface area (Å²) < 4.78 is 38.3. The van der Waals surface area contributed by atoms with Crippen molar-refractivity contribution >= 4 is 10.0 Å².